The van der Waals surface area contributed by atoms with Crippen LogP contribution < -0.4 is 4.90 Å². The lowest BCUT2D eigenvalue weighted by molar-refractivity contribution is 0.285. The van der Waals surface area contributed by atoms with Crippen molar-refractivity contribution in [2.45, 2.75) is 45.6 Å². The number of rotatable bonds is 7. The van der Waals surface area contributed by atoms with E-state index in [-0.39, 0.29) is 0 Å². The van der Waals surface area contributed by atoms with Gasteiger partial charge in [0.1, 0.15) is 11.6 Å². The molecule has 1 saturated heterocycles. The van der Waals surface area contributed by atoms with Crippen LogP contribution in [-0.2, 0) is 6.54 Å². The van der Waals surface area contributed by atoms with Gasteiger partial charge in [-0.05, 0) is 30.5 Å². The summed E-state index contributed by atoms with van der Waals surface area (Å²) in [6.45, 7) is 9.53. The van der Waals surface area contributed by atoms with Crippen molar-refractivity contribution in [2.24, 2.45) is 0 Å². The van der Waals surface area contributed by atoms with Crippen LogP contribution in [0.4, 0.5) is 5.82 Å². The predicted octanol–water partition coefficient (Wildman–Crippen LogP) is 5.43. The van der Waals surface area contributed by atoms with Crippen LogP contribution in [0.1, 0.15) is 50.4 Å². The summed E-state index contributed by atoms with van der Waals surface area (Å²) in [6, 6.07) is 21.0. The summed E-state index contributed by atoms with van der Waals surface area (Å²) in [7, 11) is 0. The van der Waals surface area contributed by atoms with Crippen molar-refractivity contribution < 1.29 is 0 Å². The number of aromatic nitrogens is 4. The molecule has 0 saturated carbocycles. The maximum absolute atomic E-state index is 5.14. The molecule has 0 amide bonds. The average molecular weight is 455 g/mol. The highest BCUT2D eigenvalue weighted by Crippen LogP contribution is 2.29. The van der Waals surface area contributed by atoms with Crippen LogP contribution in [0.3, 0.4) is 0 Å². The third-order valence-corrected chi connectivity index (χ3v) is 6.73. The van der Waals surface area contributed by atoms with Crippen LogP contribution in [0.5, 0.6) is 0 Å². The van der Waals surface area contributed by atoms with Gasteiger partial charge in [0.2, 0.25) is 0 Å². The highest BCUT2D eigenvalue weighted by atomic mass is 15.3. The van der Waals surface area contributed by atoms with Crippen molar-refractivity contribution in [1.82, 2.24) is 24.6 Å². The number of fused-ring (bicyclic) bond motifs is 1. The van der Waals surface area contributed by atoms with E-state index >= 15 is 0 Å². The zero-order valence-electron chi connectivity index (χ0n) is 20.3. The minimum Gasteiger partial charge on any atom is -0.355 e. The molecule has 5 rings (SSSR count). The summed E-state index contributed by atoms with van der Waals surface area (Å²) in [5, 5.41) is 5.77. The second kappa shape index (κ2) is 10.3. The minimum absolute atomic E-state index is 0.314. The van der Waals surface area contributed by atoms with Gasteiger partial charge in [-0.2, -0.15) is 5.10 Å². The molecule has 3 heterocycles. The van der Waals surface area contributed by atoms with Crippen molar-refractivity contribution in [1.29, 1.82) is 0 Å². The molecule has 6 heteroatoms. The van der Waals surface area contributed by atoms with E-state index in [0.29, 0.717) is 5.92 Å². The molecule has 0 N–H and O–H groups in total. The van der Waals surface area contributed by atoms with Crippen molar-refractivity contribution in [3.63, 3.8) is 0 Å². The molecule has 2 aromatic carbocycles. The molecule has 2 aromatic heterocycles. The van der Waals surface area contributed by atoms with E-state index in [1.54, 1.807) is 0 Å². The predicted molar refractivity (Wildman–Crippen MR) is 139 cm³/mol. The fraction of sp³-hybridized carbons (Fsp3) is 0.393. The molecule has 176 valence electrons. The summed E-state index contributed by atoms with van der Waals surface area (Å²) in [4.78, 5) is 15.2. The first kappa shape index (κ1) is 22.5. The van der Waals surface area contributed by atoms with Gasteiger partial charge in [-0.3, -0.25) is 4.90 Å². The third-order valence-electron chi connectivity index (χ3n) is 6.73. The molecule has 1 atom stereocenters. The van der Waals surface area contributed by atoms with Gasteiger partial charge in [0.25, 0.3) is 0 Å². The molecule has 1 aliphatic rings. The van der Waals surface area contributed by atoms with E-state index in [4.69, 9.17) is 15.1 Å². The monoisotopic (exact) mass is 454 g/mol. The zero-order chi connectivity index (χ0) is 23.3. The standard InChI is InChI=1S/C28H34N6/c1-3-11-22(2)26-30-27(25-20-29-34(28(25)31-26)24-14-8-5-9-15-24)33-17-10-16-32(18-19-33)21-23-12-6-4-7-13-23/h4-9,12-15,20,22H,3,10-11,16-19,21H2,1-2H3. The summed E-state index contributed by atoms with van der Waals surface area (Å²) in [6.07, 6.45) is 5.26. The van der Waals surface area contributed by atoms with Gasteiger partial charge in [-0.1, -0.05) is 68.8 Å². The van der Waals surface area contributed by atoms with Gasteiger partial charge in [0, 0.05) is 38.6 Å². The SMILES string of the molecule is CCCC(C)c1nc(N2CCCN(Cc3ccccc3)CC2)c2cnn(-c3ccccc3)c2n1. The summed E-state index contributed by atoms with van der Waals surface area (Å²) < 4.78 is 1.96. The van der Waals surface area contributed by atoms with Gasteiger partial charge in [-0.25, -0.2) is 14.6 Å². The van der Waals surface area contributed by atoms with E-state index in [9.17, 15) is 0 Å². The Morgan fingerprint density at radius 1 is 0.882 bits per heavy atom. The van der Waals surface area contributed by atoms with Crippen LogP contribution in [0.25, 0.3) is 16.7 Å². The lowest BCUT2D eigenvalue weighted by atomic mass is 10.1. The quantitative estimate of drug-likeness (QED) is 0.373. The molecule has 0 radical (unpaired) electrons. The molecule has 1 fully saturated rings. The van der Waals surface area contributed by atoms with Crippen LogP contribution in [0.15, 0.2) is 66.9 Å². The first-order valence-electron chi connectivity index (χ1n) is 12.5. The van der Waals surface area contributed by atoms with Crippen LogP contribution in [0.2, 0.25) is 0 Å². The Kier molecular flexibility index (Phi) is 6.86. The first-order valence-corrected chi connectivity index (χ1v) is 12.5. The number of hydrogen-bond donors (Lipinski definition) is 0. The fourth-order valence-corrected chi connectivity index (χ4v) is 4.87. The van der Waals surface area contributed by atoms with Crippen LogP contribution in [-0.4, -0.2) is 50.8 Å². The Labute approximate surface area is 202 Å². The Hall–Kier alpha value is -3.25. The molecule has 1 unspecified atom stereocenters. The zero-order valence-corrected chi connectivity index (χ0v) is 20.3. The van der Waals surface area contributed by atoms with Crippen LogP contribution >= 0.6 is 0 Å². The van der Waals surface area contributed by atoms with E-state index in [1.807, 2.05) is 29.1 Å². The molecule has 6 nitrogen and oxygen atoms in total. The third kappa shape index (κ3) is 4.82. The number of para-hydroxylation sites is 1. The van der Waals surface area contributed by atoms with E-state index in [1.165, 1.54) is 5.56 Å². The highest BCUT2D eigenvalue weighted by Gasteiger charge is 2.23. The van der Waals surface area contributed by atoms with Gasteiger partial charge in [0.15, 0.2) is 5.65 Å². The normalized spacial score (nSPS) is 16.0. The maximum atomic E-state index is 5.14. The van der Waals surface area contributed by atoms with Crippen LogP contribution in [0, 0.1) is 0 Å². The Morgan fingerprint density at radius 2 is 1.65 bits per heavy atom. The first-order chi connectivity index (χ1) is 16.7. The number of nitrogens with zero attached hydrogens (tertiary/aromatic N) is 6. The van der Waals surface area contributed by atoms with Crippen molar-refractivity contribution in [3.8, 4) is 5.69 Å². The minimum atomic E-state index is 0.314. The Morgan fingerprint density at radius 3 is 2.41 bits per heavy atom. The highest BCUT2D eigenvalue weighted by molar-refractivity contribution is 5.88. The van der Waals surface area contributed by atoms with Gasteiger partial charge in [0.05, 0.1) is 17.3 Å². The molecular weight excluding hydrogens is 420 g/mol. The van der Waals surface area contributed by atoms with Gasteiger partial charge in [-0.15, -0.1) is 0 Å². The summed E-state index contributed by atoms with van der Waals surface area (Å²) >= 11 is 0. The largest absolute Gasteiger partial charge is 0.355 e. The Balaban J connectivity index is 1.47. The summed E-state index contributed by atoms with van der Waals surface area (Å²) in [5.74, 6) is 2.27. The van der Waals surface area contributed by atoms with Gasteiger partial charge < -0.3 is 4.90 Å². The average Bonchev–Trinajstić information content (AvgIpc) is 3.17. The molecule has 4 aromatic rings. The maximum Gasteiger partial charge on any atom is 0.168 e. The fourth-order valence-electron chi connectivity index (χ4n) is 4.87. The smallest absolute Gasteiger partial charge is 0.168 e. The Bertz CT molecular complexity index is 1200. The lowest BCUT2D eigenvalue weighted by Gasteiger charge is -2.24. The molecular formula is C28H34N6. The van der Waals surface area contributed by atoms with Crippen molar-refractivity contribution >= 4 is 16.9 Å². The topological polar surface area (TPSA) is 50.1 Å². The van der Waals surface area contributed by atoms with Crippen molar-refractivity contribution in [3.05, 3.63) is 78.2 Å². The molecule has 0 bridgehead atoms. The molecule has 34 heavy (non-hydrogen) atoms. The second-order valence-corrected chi connectivity index (χ2v) is 9.33. The van der Waals surface area contributed by atoms with E-state index in [2.05, 4.69) is 66.1 Å². The summed E-state index contributed by atoms with van der Waals surface area (Å²) in [5.41, 5.74) is 3.31. The van der Waals surface area contributed by atoms with Crippen molar-refractivity contribution in [2.75, 3.05) is 31.1 Å². The van der Waals surface area contributed by atoms with E-state index in [0.717, 1.165) is 80.3 Å². The number of benzene rings is 2. The molecule has 0 spiro atoms. The number of hydrogen-bond acceptors (Lipinski definition) is 5. The molecule has 1 aliphatic heterocycles. The second-order valence-electron chi connectivity index (χ2n) is 9.33. The van der Waals surface area contributed by atoms with Gasteiger partial charge >= 0.3 is 0 Å². The number of anilines is 1. The lowest BCUT2D eigenvalue weighted by Crippen LogP contribution is -2.31. The van der Waals surface area contributed by atoms with E-state index < -0.39 is 0 Å². The molecule has 0 aliphatic carbocycles.